The van der Waals surface area contributed by atoms with Gasteiger partial charge in [0.05, 0.1) is 14.2 Å². The molecule has 0 fully saturated rings. The van der Waals surface area contributed by atoms with Gasteiger partial charge in [0.1, 0.15) is 11.5 Å². The number of hydrogen-bond acceptors (Lipinski definition) is 3. The molecule has 17 heavy (non-hydrogen) atoms. The third kappa shape index (κ3) is 4.34. The predicted octanol–water partition coefficient (Wildman–Crippen LogP) is 2.36. The van der Waals surface area contributed by atoms with Crippen molar-refractivity contribution in [2.24, 2.45) is 5.92 Å². The Kier molecular flexibility index (Phi) is 4.82. The standard InChI is InChI=1S/C13H18O4/c1-9(5-13(14)15)4-10-6-11(16-2)8-12(7-10)17-3/h6-9H,4-5H2,1-3H3,(H,14,15). The van der Waals surface area contributed by atoms with E-state index in [0.717, 1.165) is 17.1 Å². The van der Waals surface area contributed by atoms with Crippen molar-refractivity contribution in [2.45, 2.75) is 19.8 Å². The van der Waals surface area contributed by atoms with Crippen molar-refractivity contribution in [2.75, 3.05) is 14.2 Å². The molecule has 0 bridgehead atoms. The lowest BCUT2D eigenvalue weighted by Gasteiger charge is -2.11. The summed E-state index contributed by atoms with van der Waals surface area (Å²) in [6.07, 6.45) is 0.861. The van der Waals surface area contributed by atoms with Gasteiger partial charge in [0.15, 0.2) is 0 Å². The summed E-state index contributed by atoms with van der Waals surface area (Å²) in [5, 5.41) is 8.71. The Morgan fingerprint density at radius 2 is 1.76 bits per heavy atom. The fraction of sp³-hybridized carbons (Fsp3) is 0.462. The zero-order chi connectivity index (χ0) is 12.8. The summed E-state index contributed by atoms with van der Waals surface area (Å²) in [5.41, 5.74) is 1.02. The van der Waals surface area contributed by atoms with Gasteiger partial charge in [-0.15, -0.1) is 0 Å². The molecule has 0 aliphatic rings. The van der Waals surface area contributed by atoms with Crippen LogP contribution in [0.25, 0.3) is 0 Å². The van der Waals surface area contributed by atoms with Crippen LogP contribution in [0.15, 0.2) is 18.2 Å². The van der Waals surface area contributed by atoms with Gasteiger partial charge in [-0.2, -0.15) is 0 Å². The van der Waals surface area contributed by atoms with E-state index < -0.39 is 5.97 Å². The summed E-state index contributed by atoms with van der Waals surface area (Å²) >= 11 is 0. The van der Waals surface area contributed by atoms with Crippen LogP contribution in [0.3, 0.4) is 0 Å². The first-order valence-corrected chi connectivity index (χ1v) is 5.49. The topological polar surface area (TPSA) is 55.8 Å². The Morgan fingerprint density at radius 3 is 2.18 bits per heavy atom. The van der Waals surface area contributed by atoms with Gasteiger partial charge in [0.2, 0.25) is 0 Å². The summed E-state index contributed by atoms with van der Waals surface area (Å²) in [7, 11) is 3.19. The smallest absolute Gasteiger partial charge is 0.303 e. The van der Waals surface area contributed by atoms with Crippen LogP contribution in [0, 0.1) is 5.92 Å². The number of carboxylic acids is 1. The number of aliphatic carboxylic acids is 1. The molecule has 1 aromatic carbocycles. The lowest BCUT2D eigenvalue weighted by Crippen LogP contribution is -2.07. The highest BCUT2D eigenvalue weighted by Crippen LogP contribution is 2.24. The summed E-state index contributed by atoms with van der Waals surface area (Å²) in [6, 6.07) is 5.60. The molecule has 0 aromatic heterocycles. The molecule has 0 saturated carbocycles. The molecule has 0 spiro atoms. The third-order valence-corrected chi connectivity index (χ3v) is 2.52. The van der Waals surface area contributed by atoms with E-state index in [-0.39, 0.29) is 12.3 Å². The molecule has 0 saturated heterocycles. The van der Waals surface area contributed by atoms with Crippen LogP contribution >= 0.6 is 0 Å². The quantitative estimate of drug-likeness (QED) is 0.826. The second-order valence-corrected chi connectivity index (χ2v) is 4.13. The Hall–Kier alpha value is -1.71. The fourth-order valence-corrected chi connectivity index (χ4v) is 1.76. The van der Waals surface area contributed by atoms with Crippen LogP contribution in [-0.2, 0) is 11.2 Å². The van der Waals surface area contributed by atoms with E-state index in [9.17, 15) is 4.79 Å². The maximum Gasteiger partial charge on any atom is 0.303 e. The number of carbonyl (C=O) groups is 1. The van der Waals surface area contributed by atoms with Gasteiger partial charge in [0.25, 0.3) is 0 Å². The maximum atomic E-state index is 10.6. The molecule has 4 nitrogen and oxygen atoms in total. The summed E-state index contributed by atoms with van der Waals surface area (Å²) in [5.74, 6) is 0.764. The van der Waals surface area contributed by atoms with E-state index in [1.54, 1.807) is 20.3 Å². The van der Waals surface area contributed by atoms with Crippen LogP contribution in [0.4, 0.5) is 0 Å². The van der Waals surface area contributed by atoms with Crippen molar-refractivity contribution in [3.63, 3.8) is 0 Å². The third-order valence-electron chi connectivity index (χ3n) is 2.52. The largest absolute Gasteiger partial charge is 0.497 e. The zero-order valence-corrected chi connectivity index (χ0v) is 10.4. The van der Waals surface area contributed by atoms with E-state index in [0.29, 0.717) is 6.42 Å². The van der Waals surface area contributed by atoms with Gasteiger partial charge < -0.3 is 14.6 Å². The Labute approximate surface area is 101 Å². The van der Waals surface area contributed by atoms with Crippen LogP contribution in [0.2, 0.25) is 0 Å². The van der Waals surface area contributed by atoms with Crippen molar-refractivity contribution < 1.29 is 19.4 Å². The van der Waals surface area contributed by atoms with E-state index in [2.05, 4.69) is 0 Å². The number of hydrogen-bond donors (Lipinski definition) is 1. The van der Waals surface area contributed by atoms with E-state index >= 15 is 0 Å². The fourth-order valence-electron chi connectivity index (χ4n) is 1.76. The molecule has 0 aliphatic heterocycles. The molecular formula is C13H18O4. The van der Waals surface area contributed by atoms with Gasteiger partial charge in [0, 0.05) is 12.5 Å². The zero-order valence-electron chi connectivity index (χ0n) is 10.4. The van der Waals surface area contributed by atoms with E-state index in [1.165, 1.54) is 0 Å². The number of benzene rings is 1. The van der Waals surface area contributed by atoms with Gasteiger partial charge in [-0.1, -0.05) is 6.92 Å². The lowest BCUT2D eigenvalue weighted by molar-refractivity contribution is -0.137. The molecule has 1 rings (SSSR count). The van der Waals surface area contributed by atoms with Crippen LogP contribution in [0.5, 0.6) is 11.5 Å². The van der Waals surface area contributed by atoms with Gasteiger partial charge in [-0.25, -0.2) is 0 Å². The van der Waals surface area contributed by atoms with Gasteiger partial charge >= 0.3 is 5.97 Å². The number of carboxylic acid groups (broad SMARTS) is 1. The van der Waals surface area contributed by atoms with Crippen molar-refractivity contribution in [3.05, 3.63) is 23.8 Å². The monoisotopic (exact) mass is 238 g/mol. The van der Waals surface area contributed by atoms with Crippen LogP contribution in [0.1, 0.15) is 18.9 Å². The molecule has 4 heteroatoms. The normalized spacial score (nSPS) is 11.9. The number of methoxy groups -OCH3 is 2. The van der Waals surface area contributed by atoms with Crippen LogP contribution in [-0.4, -0.2) is 25.3 Å². The van der Waals surface area contributed by atoms with Crippen molar-refractivity contribution >= 4 is 5.97 Å². The first-order chi connectivity index (χ1) is 8.05. The minimum atomic E-state index is -0.771. The second-order valence-electron chi connectivity index (χ2n) is 4.13. The summed E-state index contributed by atoms with van der Waals surface area (Å²) in [4.78, 5) is 10.6. The van der Waals surface area contributed by atoms with Crippen molar-refractivity contribution in [1.82, 2.24) is 0 Å². The van der Waals surface area contributed by atoms with Gasteiger partial charge in [-0.3, -0.25) is 4.79 Å². The highest BCUT2D eigenvalue weighted by Gasteiger charge is 2.10. The minimum absolute atomic E-state index is 0.0873. The van der Waals surface area contributed by atoms with E-state index in [1.807, 2.05) is 19.1 Å². The highest BCUT2D eigenvalue weighted by molar-refractivity contribution is 5.67. The highest BCUT2D eigenvalue weighted by atomic mass is 16.5. The average molecular weight is 238 g/mol. The molecule has 0 radical (unpaired) electrons. The second kappa shape index (κ2) is 6.13. The molecule has 1 aromatic rings. The molecule has 0 heterocycles. The molecule has 1 unspecified atom stereocenters. The molecule has 0 amide bonds. The SMILES string of the molecule is COc1cc(CC(C)CC(=O)O)cc(OC)c1. The molecule has 0 aliphatic carbocycles. The predicted molar refractivity (Wildman–Crippen MR) is 64.7 cm³/mol. The summed E-state index contributed by atoms with van der Waals surface area (Å²) < 4.78 is 10.3. The number of rotatable bonds is 6. The Morgan fingerprint density at radius 1 is 1.24 bits per heavy atom. The molecular weight excluding hydrogens is 220 g/mol. The number of ether oxygens (including phenoxy) is 2. The first kappa shape index (κ1) is 13.4. The maximum absolute atomic E-state index is 10.6. The molecule has 1 atom stereocenters. The average Bonchev–Trinajstić information content (AvgIpc) is 2.27. The Balaban J connectivity index is 2.79. The van der Waals surface area contributed by atoms with Gasteiger partial charge in [-0.05, 0) is 30.0 Å². The van der Waals surface area contributed by atoms with Crippen molar-refractivity contribution in [1.29, 1.82) is 0 Å². The molecule has 94 valence electrons. The van der Waals surface area contributed by atoms with E-state index in [4.69, 9.17) is 14.6 Å². The summed E-state index contributed by atoms with van der Waals surface area (Å²) in [6.45, 7) is 1.92. The van der Waals surface area contributed by atoms with Crippen LogP contribution < -0.4 is 9.47 Å². The Bertz CT molecular complexity index is 365. The first-order valence-electron chi connectivity index (χ1n) is 5.49. The minimum Gasteiger partial charge on any atom is -0.497 e. The molecule has 1 N–H and O–H groups in total. The van der Waals surface area contributed by atoms with Crippen molar-refractivity contribution in [3.8, 4) is 11.5 Å². The lowest BCUT2D eigenvalue weighted by atomic mass is 9.98.